The van der Waals surface area contributed by atoms with Crippen molar-refractivity contribution in [3.63, 3.8) is 0 Å². The summed E-state index contributed by atoms with van der Waals surface area (Å²) in [6, 6.07) is 17.5. The molecule has 37 heavy (non-hydrogen) atoms. The molecule has 0 bridgehead atoms. The maximum absolute atomic E-state index is 13.6. The predicted octanol–water partition coefficient (Wildman–Crippen LogP) is 5.46. The van der Waals surface area contributed by atoms with Crippen LogP contribution in [-0.4, -0.2) is 37.8 Å². The van der Waals surface area contributed by atoms with Crippen LogP contribution in [0.5, 0.6) is 5.75 Å². The zero-order chi connectivity index (χ0) is 27.2. The maximum atomic E-state index is 13.6. The second-order valence-electron chi connectivity index (χ2n) is 9.22. The summed E-state index contributed by atoms with van der Waals surface area (Å²) in [7, 11) is -4.33. The lowest BCUT2D eigenvalue weighted by Gasteiger charge is -2.25. The molecule has 0 saturated heterocycles. The normalized spacial score (nSPS) is 11.4. The molecular weight excluding hydrogens is 497 g/mol. The Labute approximate surface area is 217 Å². The molecule has 0 N–H and O–H groups in total. The van der Waals surface area contributed by atoms with Crippen molar-refractivity contribution < 1.29 is 31.3 Å². The van der Waals surface area contributed by atoms with Crippen LogP contribution in [0.4, 0.5) is 4.39 Å². The van der Waals surface area contributed by atoms with E-state index in [1.54, 1.807) is 43.0 Å². The van der Waals surface area contributed by atoms with Gasteiger partial charge in [0.05, 0.1) is 11.7 Å². The summed E-state index contributed by atoms with van der Waals surface area (Å²) in [5, 5.41) is 0. The number of benzene rings is 3. The van der Waals surface area contributed by atoms with Crippen molar-refractivity contribution in [3.8, 4) is 5.75 Å². The first kappa shape index (κ1) is 27.9. The van der Waals surface area contributed by atoms with Crippen LogP contribution in [0.3, 0.4) is 0 Å². The van der Waals surface area contributed by atoms with Crippen LogP contribution in [0.2, 0.25) is 0 Å². The third-order valence-electron chi connectivity index (χ3n) is 5.17. The van der Waals surface area contributed by atoms with Gasteiger partial charge >= 0.3 is 16.1 Å². The summed E-state index contributed by atoms with van der Waals surface area (Å²) in [6.07, 6.45) is -0.417. The minimum Gasteiger partial charge on any atom is -0.459 e. The average molecular weight is 528 g/mol. The molecule has 0 spiro atoms. The van der Waals surface area contributed by atoms with E-state index in [4.69, 9.17) is 8.92 Å². The third-order valence-corrected chi connectivity index (χ3v) is 6.47. The Morgan fingerprint density at radius 1 is 0.919 bits per heavy atom. The van der Waals surface area contributed by atoms with Crippen LogP contribution in [-0.2, 0) is 21.4 Å². The molecule has 0 radical (unpaired) electrons. The van der Waals surface area contributed by atoms with E-state index in [2.05, 4.69) is 0 Å². The molecule has 0 aliphatic carbocycles. The Morgan fingerprint density at radius 2 is 1.59 bits per heavy atom. The second kappa shape index (κ2) is 12.0. The molecule has 0 heterocycles. The molecule has 0 atom stereocenters. The van der Waals surface area contributed by atoms with E-state index in [1.165, 1.54) is 48.5 Å². The van der Waals surface area contributed by atoms with Crippen molar-refractivity contribution in [1.29, 1.82) is 0 Å². The van der Waals surface area contributed by atoms with E-state index in [0.29, 0.717) is 6.54 Å². The van der Waals surface area contributed by atoms with Crippen molar-refractivity contribution in [2.45, 2.75) is 45.2 Å². The maximum Gasteiger partial charge on any atom is 0.340 e. The zero-order valence-corrected chi connectivity index (χ0v) is 22.0. The fourth-order valence-corrected chi connectivity index (χ4v) is 4.76. The van der Waals surface area contributed by atoms with Crippen LogP contribution in [0.15, 0.2) is 77.7 Å². The minimum atomic E-state index is -4.33. The zero-order valence-electron chi connectivity index (χ0n) is 21.2. The molecule has 1 amide bonds. The number of ether oxygens (including phenoxy) is 1. The van der Waals surface area contributed by atoms with Crippen molar-refractivity contribution in [2.75, 3.05) is 6.54 Å². The van der Waals surface area contributed by atoms with Gasteiger partial charge in [-0.15, -0.1) is 0 Å². The molecule has 0 aliphatic rings. The van der Waals surface area contributed by atoms with Gasteiger partial charge in [0.2, 0.25) is 0 Å². The molecule has 0 fully saturated rings. The van der Waals surface area contributed by atoms with Crippen LogP contribution < -0.4 is 4.18 Å². The Hall–Kier alpha value is -3.72. The number of rotatable bonds is 10. The Morgan fingerprint density at radius 3 is 2.22 bits per heavy atom. The van der Waals surface area contributed by atoms with Crippen molar-refractivity contribution in [2.24, 2.45) is 5.92 Å². The first-order valence-corrected chi connectivity index (χ1v) is 13.3. The highest BCUT2D eigenvalue weighted by Gasteiger charge is 2.26. The first-order chi connectivity index (χ1) is 17.5. The standard InChI is InChI=1S/C28H30FNO6S/c1-19(2)17-30(27(31)22-8-7-9-23(29)16-22)18-21-12-14-24(15-13-21)36-37(33,34)26-11-6-5-10-25(26)28(32)35-20(3)4/h5-16,19-20H,17-18H2,1-4H3. The quantitative estimate of drug-likeness (QED) is 0.257. The molecule has 196 valence electrons. The molecule has 0 unspecified atom stereocenters. The van der Waals surface area contributed by atoms with E-state index < -0.39 is 28.0 Å². The van der Waals surface area contributed by atoms with E-state index >= 15 is 0 Å². The van der Waals surface area contributed by atoms with Gasteiger partial charge < -0.3 is 13.8 Å². The number of nitrogens with zero attached hydrogens (tertiary/aromatic N) is 1. The molecule has 7 nitrogen and oxygen atoms in total. The molecule has 9 heteroatoms. The fraction of sp³-hybridized carbons (Fsp3) is 0.286. The number of carbonyl (C=O) groups is 2. The van der Waals surface area contributed by atoms with E-state index in [1.807, 2.05) is 13.8 Å². The minimum absolute atomic E-state index is 0.0441. The van der Waals surface area contributed by atoms with Crippen molar-refractivity contribution in [1.82, 2.24) is 4.90 Å². The smallest absolute Gasteiger partial charge is 0.340 e. The monoisotopic (exact) mass is 527 g/mol. The van der Waals surface area contributed by atoms with Gasteiger partial charge in [-0.25, -0.2) is 9.18 Å². The van der Waals surface area contributed by atoms with E-state index in [-0.39, 0.29) is 40.1 Å². The Kier molecular flexibility index (Phi) is 9.04. The number of esters is 1. The molecular formula is C28H30FNO6S. The van der Waals surface area contributed by atoms with E-state index in [9.17, 15) is 22.4 Å². The fourth-order valence-electron chi connectivity index (χ4n) is 3.64. The van der Waals surface area contributed by atoms with Crippen LogP contribution in [0.1, 0.15) is 54.0 Å². The molecule has 3 rings (SSSR count). The van der Waals surface area contributed by atoms with Crippen molar-refractivity contribution in [3.05, 3.63) is 95.3 Å². The van der Waals surface area contributed by atoms with Gasteiger partial charge in [0.15, 0.2) is 0 Å². The summed E-state index contributed by atoms with van der Waals surface area (Å²) >= 11 is 0. The number of carbonyl (C=O) groups excluding carboxylic acids is 2. The van der Waals surface area contributed by atoms with Gasteiger partial charge in [0.25, 0.3) is 5.91 Å². The SMILES string of the molecule is CC(C)CN(Cc1ccc(OS(=O)(=O)c2ccccc2C(=O)OC(C)C)cc1)C(=O)c1cccc(F)c1. The summed E-state index contributed by atoms with van der Waals surface area (Å²) in [4.78, 5) is 26.7. The van der Waals surface area contributed by atoms with Crippen LogP contribution >= 0.6 is 0 Å². The average Bonchev–Trinajstić information content (AvgIpc) is 2.83. The van der Waals surface area contributed by atoms with Gasteiger partial charge in [0, 0.05) is 18.7 Å². The number of amides is 1. The van der Waals surface area contributed by atoms with Crippen LogP contribution in [0.25, 0.3) is 0 Å². The van der Waals surface area contributed by atoms with E-state index in [0.717, 1.165) is 5.56 Å². The largest absolute Gasteiger partial charge is 0.459 e. The Balaban J connectivity index is 1.78. The van der Waals surface area contributed by atoms with Gasteiger partial charge in [-0.2, -0.15) is 8.42 Å². The molecule has 3 aromatic rings. The van der Waals surface area contributed by atoms with Gasteiger partial charge in [-0.3, -0.25) is 4.79 Å². The highest BCUT2D eigenvalue weighted by molar-refractivity contribution is 7.87. The summed E-state index contributed by atoms with van der Waals surface area (Å²) in [6.45, 7) is 7.97. The second-order valence-corrected chi connectivity index (χ2v) is 10.7. The molecule has 3 aromatic carbocycles. The third kappa shape index (κ3) is 7.63. The first-order valence-electron chi connectivity index (χ1n) is 11.8. The molecule has 0 aliphatic heterocycles. The topological polar surface area (TPSA) is 90.0 Å². The van der Waals surface area contributed by atoms with Gasteiger partial charge in [0.1, 0.15) is 16.5 Å². The van der Waals surface area contributed by atoms with Crippen LogP contribution in [0, 0.1) is 11.7 Å². The highest BCUT2D eigenvalue weighted by atomic mass is 32.2. The lowest BCUT2D eigenvalue weighted by atomic mass is 10.1. The lowest BCUT2D eigenvalue weighted by Crippen LogP contribution is -2.33. The number of halogens is 1. The van der Waals surface area contributed by atoms with Gasteiger partial charge in [-0.05, 0) is 67.8 Å². The number of hydrogen-bond donors (Lipinski definition) is 0. The lowest BCUT2D eigenvalue weighted by molar-refractivity contribution is 0.0372. The number of hydrogen-bond acceptors (Lipinski definition) is 6. The summed E-state index contributed by atoms with van der Waals surface area (Å²) in [5.41, 5.74) is 0.866. The van der Waals surface area contributed by atoms with Gasteiger partial charge in [-0.1, -0.05) is 44.2 Å². The van der Waals surface area contributed by atoms with Crippen molar-refractivity contribution >= 4 is 22.0 Å². The highest BCUT2D eigenvalue weighted by Crippen LogP contribution is 2.24. The summed E-state index contributed by atoms with van der Waals surface area (Å²) < 4.78 is 50.0. The molecule has 0 saturated carbocycles. The predicted molar refractivity (Wildman–Crippen MR) is 137 cm³/mol. The Bertz CT molecular complexity index is 1350. The summed E-state index contributed by atoms with van der Waals surface area (Å²) in [5.74, 6) is -1.34. The molecule has 0 aromatic heterocycles.